The van der Waals surface area contributed by atoms with Crippen LogP contribution in [0.1, 0.15) is 50.5 Å². The first kappa shape index (κ1) is 28.1. The van der Waals surface area contributed by atoms with E-state index in [-0.39, 0.29) is 0 Å². The van der Waals surface area contributed by atoms with Crippen LogP contribution in [0.2, 0.25) is 0 Å². The zero-order valence-corrected chi connectivity index (χ0v) is 32.1. The molecule has 2 unspecified atom stereocenters. The van der Waals surface area contributed by atoms with Crippen molar-refractivity contribution in [1.82, 2.24) is 18.3 Å². The van der Waals surface area contributed by atoms with Crippen LogP contribution < -0.4 is 21.4 Å². The molecule has 14 aliphatic rings. The lowest BCUT2D eigenvalue weighted by atomic mass is 9.97. The van der Waals surface area contributed by atoms with Crippen molar-refractivity contribution < 1.29 is 18.3 Å². The largest absolute Gasteiger partial charge is 0.553 e. The summed E-state index contributed by atoms with van der Waals surface area (Å²) in [5.74, 6) is -1.38. The summed E-state index contributed by atoms with van der Waals surface area (Å²) in [5, 5.41) is 4.97. The summed E-state index contributed by atoms with van der Waals surface area (Å²) >= 11 is 0. The predicted molar refractivity (Wildman–Crippen MR) is 223 cm³/mol. The van der Waals surface area contributed by atoms with E-state index in [0.29, 0.717) is 0 Å². The van der Waals surface area contributed by atoms with Crippen LogP contribution in [0.3, 0.4) is 0 Å². The Labute approximate surface area is 330 Å². The molecule has 2 spiro atoms. The lowest BCUT2D eigenvalue weighted by Gasteiger charge is -2.41. The predicted octanol–water partition coefficient (Wildman–Crippen LogP) is 3.68. The molecule has 0 N–H and O–H groups in total. The van der Waals surface area contributed by atoms with Gasteiger partial charge in [0.1, 0.15) is 0 Å². The molecule has 0 saturated heterocycles. The van der Waals surface area contributed by atoms with Crippen molar-refractivity contribution in [3.05, 3.63) is 188 Å². The molecular weight excluding hydrogens is 713 g/mol. The fourth-order valence-electron chi connectivity index (χ4n) is 13.4. The third-order valence-electron chi connectivity index (χ3n) is 15.6. The van der Waals surface area contributed by atoms with Crippen molar-refractivity contribution in [3.63, 3.8) is 0 Å². The van der Waals surface area contributed by atoms with E-state index in [4.69, 9.17) is 0 Å². The Morgan fingerprint density at radius 1 is 0.310 bits per heavy atom. The van der Waals surface area contributed by atoms with Gasteiger partial charge in [-0.1, -0.05) is 18.3 Å². The van der Waals surface area contributed by atoms with Crippen LogP contribution in [-0.2, 0) is 11.8 Å². The van der Waals surface area contributed by atoms with Crippen LogP contribution in [0.4, 0.5) is 0 Å². The number of aromatic nitrogens is 4. The average Bonchev–Trinajstić information content (AvgIpc) is 4.07. The fourth-order valence-corrected chi connectivity index (χ4v) is 13.4. The summed E-state index contributed by atoms with van der Waals surface area (Å²) in [6.45, 7) is 9.22. The smallest absolute Gasteiger partial charge is 0.198 e. The molecule has 8 bridgehead atoms. The zero-order valence-electron chi connectivity index (χ0n) is 32.1. The molecule has 4 aromatic rings. The lowest BCUT2D eigenvalue weighted by Crippen LogP contribution is -2.71. The molecular formula is C50H32N8+4. The Balaban J connectivity index is 1.15. The van der Waals surface area contributed by atoms with Gasteiger partial charge in [-0.25, -0.2) is 0 Å². The van der Waals surface area contributed by atoms with E-state index in [9.17, 15) is 0 Å². The Morgan fingerprint density at radius 2 is 0.672 bits per heavy atom. The van der Waals surface area contributed by atoms with Gasteiger partial charge in [0.15, 0.2) is 0 Å². The van der Waals surface area contributed by atoms with Gasteiger partial charge in [0.25, 0.3) is 0 Å². The van der Waals surface area contributed by atoms with Gasteiger partial charge in [0.05, 0.1) is 66.5 Å². The van der Waals surface area contributed by atoms with E-state index in [0.717, 1.165) is 0 Å². The molecule has 58 heavy (non-hydrogen) atoms. The standard InChI is InChI=1S/C50H32N8/c1-25-33-9-17-41-29-5-7-31-45-21-13-37-27(3)38-14-22-46-32(48-24-16-40-28(4)39-15-23-47(31)57(39)50(55(37)45,56(38)46)58(40)48)8-6-30-42-18-10-34(25)52(42)49(51(33)41)53-35(11-19-43(29)53)26(2)36-12-20-44(30)54(36)49/h5-24H,1-4H3/q+4. The first-order chi connectivity index (χ1) is 28.5. The zero-order chi connectivity index (χ0) is 37.6. The third-order valence-corrected chi connectivity index (χ3v) is 15.6. The number of rotatable bonds is 0. The number of hydrogen-bond acceptors (Lipinski definition) is 0. The molecule has 18 heterocycles. The molecule has 4 aromatic heterocycles. The molecule has 268 valence electrons. The van der Waals surface area contributed by atoms with Gasteiger partial charge in [0, 0.05) is 70.9 Å². The Bertz CT molecular complexity index is 3650. The van der Waals surface area contributed by atoms with Crippen LogP contribution in [0.25, 0.3) is 44.6 Å². The monoisotopic (exact) mass is 744 g/mol. The van der Waals surface area contributed by atoms with Gasteiger partial charge in [0.2, 0.25) is 45.6 Å². The number of hydrogen-bond donors (Lipinski definition) is 0. The minimum atomic E-state index is -0.692. The molecule has 8 heteroatoms. The fraction of sp³-hybridized carbons (Fsp3) is 0.120. The second-order valence-electron chi connectivity index (χ2n) is 17.5. The summed E-state index contributed by atoms with van der Waals surface area (Å²) in [4.78, 5) is 0. The summed E-state index contributed by atoms with van der Waals surface area (Å²) in [6.07, 6.45) is 28.6. The van der Waals surface area contributed by atoms with Crippen molar-refractivity contribution in [2.45, 2.75) is 39.5 Å². The number of allylic oxidation sites excluding steroid dienone is 16. The Hall–Kier alpha value is -7.32. The first-order valence-corrected chi connectivity index (χ1v) is 20.5. The second-order valence-corrected chi connectivity index (χ2v) is 17.5. The minimum absolute atomic E-state index is 0.692. The van der Waals surface area contributed by atoms with Gasteiger partial charge in [-0.2, -0.15) is 18.3 Å². The normalized spacial score (nSPS) is 27.4. The molecule has 0 radical (unpaired) electrons. The maximum atomic E-state index is 2.65. The Morgan fingerprint density at radius 3 is 1.14 bits per heavy atom. The van der Waals surface area contributed by atoms with E-state index in [1.165, 1.54) is 134 Å². The molecule has 0 amide bonds. The maximum absolute atomic E-state index is 2.65. The quantitative estimate of drug-likeness (QED) is 0.247. The van der Waals surface area contributed by atoms with E-state index in [1.54, 1.807) is 0 Å². The molecule has 14 aliphatic heterocycles. The van der Waals surface area contributed by atoms with Gasteiger partial charge >= 0.3 is 11.8 Å². The highest BCUT2D eigenvalue weighted by molar-refractivity contribution is 6.30. The van der Waals surface area contributed by atoms with E-state index in [1.807, 2.05) is 0 Å². The van der Waals surface area contributed by atoms with Crippen LogP contribution >= 0.6 is 0 Å². The van der Waals surface area contributed by atoms with Crippen molar-refractivity contribution in [1.29, 1.82) is 0 Å². The van der Waals surface area contributed by atoms with Crippen molar-refractivity contribution in [2.75, 3.05) is 0 Å². The molecule has 18 rings (SSSR count). The molecule has 2 atom stereocenters. The van der Waals surface area contributed by atoms with Gasteiger partial charge in [-0.15, -0.1) is 0 Å². The average molecular weight is 745 g/mol. The molecule has 8 nitrogen and oxygen atoms in total. The molecule has 0 aromatic carbocycles. The van der Waals surface area contributed by atoms with Crippen LogP contribution in [0, 0.1) is 0 Å². The molecule has 0 fully saturated rings. The SMILES string of the molecule is CC1=C2C=CC3=[N+]2C24n5c1ccc5C1=C5C=CC(=[N+]52)C(C)=c2ccc(n24)=C3C=CC2=c3ccc4n3C35n6c(ccc6C(=C6C=CC(=[N+]63)C=4C)C=C1)C(C)=C1C=CC2=[N+]15. The molecule has 0 saturated carbocycles. The topological polar surface area (TPSA) is 31.8 Å². The van der Waals surface area contributed by atoms with Crippen LogP contribution in [-0.4, -0.2) is 59.4 Å². The van der Waals surface area contributed by atoms with Crippen LogP contribution in [0.15, 0.2) is 144 Å². The van der Waals surface area contributed by atoms with Crippen molar-refractivity contribution in [3.8, 4) is 0 Å². The van der Waals surface area contributed by atoms with Gasteiger partial charge in [-0.3, -0.25) is 0 Å². The van der Waals surface area contributed by atoms with Crippen molar-refractivity contribution in [2.24, 2.45) is 0 Å². The molecule has 0 aliphatic carbocycles. The maximum Gasteiger partial charge on any atom is 0.553 e. The summed E-state index contributed by atoms with van der Waals surface area (Å²) in [7, 11) is 0. The van der Waals surface area contributed by atoms with Crippen LogP contribution in [0.5, 0.6) is 0 Å². The van der Waals surface area contributed by atoms with E-state index < -0.39 is 11.8 Å². The van der Waals surface area contributed by atoms with Crippen molar-refractivity contribution >= 4 is 67.4 Å². The minimum Gasteiger partial charge on any atom is -0.198 e. The third kappa shape index (κ3) is 2.31. The Kier molecular flexibility index (Phi) is 3.92. The van der Waals surface area contributed by atoms with Gasteiger partial charge in [-0.05, 0) is 101 Å². The number of nitrogens with zero attached hydrogens (tertiary/aromatic N) is 8. The second kappa shape index (κ2) is 8.08. The van der Waals surface area contributed by atoms with Gasteiger partial charge < -0.3 is 0 Å². The van der Waals surface area contributed by atoms with E-state index >= 15 is 0 Å². The highest BCUT2D eigenvalue weighted by atomic mass is 15.6. The highest BCUT2D eigenvalue weighted by Crippen LogP contribution is 2.53. The lowest BCUT2D eigenvalue weighted by molar-refractivity contribution is -0.835. The summed E-state index contributed by atoms with van der Waals surface area (Å²) < 4.78 is 21.2. The highest BCUT2D eigenvalue weighted by Gasteiger charge is 2.74. The van der Waals surface area contributed by atoms with E-state index in [2.05, 4.69) is 186 Å². The first-order valence-electron chi connectivity index (χ1n) is 20.5. The summed E-state index contributed by atoms with van der Waals surface area (Å²) in [6, 6.07) is 18.9. The summed E-state index contributed by atoms with van der Waals surface area (Å²) in [5.41, 5.74) is 25.0.